The summed E-state index contributed by atoms with van der Waals surface area (Å²) in [4.78, 5) is 14.8. The first-order valence-electron chi connectivity index (χ1n) is 9.66. The molecule has 1 aliphatic heterocycles. The van der Waals surface area contributed by atoms with Crippen LogP contribution in [-0.2, 0) is 11.3 Å². The molecule has 5 nitrogen and oxygen atoms in total. The number of piperidine rings is 1. The van der Waals surface area contributed by atoms with E-state index in [0.717, 1.165) is 31.1 Å². The molecule has 7 heteroatoms. The largest absolute Gasteiger partial charge is 0.326 e. The Balaban J connectivity index is 1.40. The van der Waals surface area contributed by atoms with Crippen molar-refractivity contribution in [3.05, 3.63) is 78.1 Å². The second kappa shape index (κ2) is 8.53. The lowest BCUT2D eigenvalue weighted by molar-refractivity contribution is -0.121. The van der Waals surface area contributed by atoms with Crippen molar-refractivity contribution in [2.75, 3.05) is 18.4 Å². The van der Waals surface area contributed by atoms with Crippen LogP contribution in [0.4, 0.5) is 14.5 Å². The molecule has 1 aliphatic rings. The summed E-state index contributed by atoms with van der Waals surface area (Å²) in [5.41, 5.74) is 1.88. The van der Waals surface area contributed by atoms with Gasteiger partial charge in [-0.15, -0.1) is 0 Å². The van der Waals surface area contributed by atoms with Crippen LogP contribution in [0.15, 0.2) is 60.9 Å². The molecule has 0 saturated carbocycles. The second-order valence-electron chi connectivity index (χ2n) is 7.28. The van der Waals surface area contributed by atoms with Gasteiger partial charge in [-0.25, -0.2) is 13.5 Å². The van der Waals surface area contributed by atoms with Crippen molar-refractivity contribution in [2.24, 2.45) is 5.92 Å². The van der Waals surface area contributed by atoms with E-state index in [2.05, 4.69) is 10.4 Å². The van der Waals surface area contributed by atoms with Gasteiger partial charge in [0.15, 0.2) is 11.6 Å². The van der Waals surface area contributed by atoms with Gasteiger partial charge in [0.2, 0.25) is 5.91 Å². The Hall–Kier alpha value is -3.06. The molecule has 4 rings (SSSR count). The third kappa shape index (κ3) is 4.51. The summed E-state index contributed by atoms with van der Waals surface area (Å²) in [5, 5.41) is 7.18. The lowest BCUT2D eigenvalue weighted by Gasteiger charge is -2.32. The molecular formula is C22H22F2N4O. The standard InChI is InChI=1S/C22H22F2N4O/c23-20-9-1-5-16(21(20)24)14-27-11-3-6-17(15-27)22(29)26-18-7-2-8-19(13-18)28-12-4-10-25-28/h1-2,4-5,7-10,12-13,17H,3,6,11,14-15H2,(H,26,29)/t17-/m1/s1. The molecule has 1 amide bonds. The summed E-state index contributed by atoms with van der Waals surface area (Å²) in [6, 6.07) is 13.5. The summed E-state index contributed by atoms with van der Waals surface area (Å²) in [6.07, 6.45) is 5.14. The van der Waals surface area contributed by atoms with E-state index in [0.29, 0.717) is 24.3 Å². The third-order valence-corrected chi connectivity index (χ3v) is 5.18. The predicted molar refractivity (Wildman–Crippen MR) is 107 cm³/mol. The van der Waals surface area contributed by atoms with Gasteiger partial charge in [0.05, 0.1) is 11.6 Å². The molecule has 0 radical (unpaired) electrons. The van der Waals surface area contributed by atoms with Crippen molar-refractivity contribution in [3.8, 4) is 5.69 Å². The highest BCUT2D eigenvalue weighted by Crippen LogP contribution is 2.22. The van der Waals surface area contributed by atoms with Crippen LogP contribution in [0.1, 0.15) is 18.4 Å². The zero-order valence-electron chi connectivity index (χ0n) is 15.9. The van der Waals surface area contributed by atoms with Crippen LogP contribution in [0.25, 0.3) is 5.69 Å². The Morgan fingerprint density at radius 1 is 1.17 bits per heavy atom. The molecule has 0 unspecified atom stereocenters. The molecule has 1 fully saturated rings. The van der Waals surface area contributed by atoms with Crippen LogP contribution in [0, 0.1) is 17.6 Å². The maximum absolute atomic E-state index is 14.0. The van der Waals surface area contributed by atoms with E-state index in [-0.39, 0.29) is 11.8 Å². The van der Waals surface area contributed by atoms with Gasteiger partial charge in [0.1, 0.15) is 0 Å². The van der Waals surface area contributed by atoms with Gasteiger partial charge in [-0.2, -0.15) is 5.10 Å². The number of hydrogen-bond acceptors (Lipinski definition) is 3. The van der Waals surface area contributed by atoms with Crippen molar-refractivity contribution < 1.29 is 13.6 Å². The Morgan fingerprint density at radius 3 is 2.86 bits per heavy atom. The molecule has 3 aromatic rings. The number of carbonyl (C=O) groups excluding carboxylic acids is 1. The molecule has 1 saturated heterocycles. The second-order valence-corrected chi connectivity index (χ2v) is 7.28. The summed E-state index contributed by atoms with van der Waals surface area (Å²) in [6.45, 7) is 1.57. The zero-order chi connectivity index (χ0) is 20.2. The Bertz CT molecular complexity index is 990. The minimum atomic E-state index is -0.842. The summed E-state index contributed by atoms with van der Waals surface area (Å²) >= 11 is 0. The number of hydrogen-bond donors (Lipinski definition) is 1. The third-order valence-electron chi connectivity index (χ3n) is 5.18. The molecule has 1 aromatic heterocycles. The Kier molecular flexibility index (Phi) is 5.67. The first kappa shape index (κ1) is 19.3. The van der Waals surface area contributed by atoms with Crippen molar-refractivity contribution in [2.45, 2.75) is 19.4 Å². The number of likely N-dealkylation sites (tertiary alicyclic amines) is 1. The minimum absolute atomic E-state index is 0.0629. The summed E-state index contributed by atoms with van der Waals surface area (Å²) < 4.78 is 29.1. The monoisotopic (exact) mass is 396 g/mol. The van der Waals surface area contributed by atoms with E-state index in [4.69, 9.17) is 0 Å². The van der Waals surface area contributed by atoms with Crippen LogP contribution in [0.3, 0.4) is 0 Å². The van der Waals surface area contributed by atoms with Crippen molar-refractivity contribution in [1.82, 2.24) is 14.7 Å². The number of nitrogens with one attached hydrogen (secondary N) is 1. The molecule has 1 N–H and O–H groups in total. The number of halogens is 2. The van der Waals surface area contributed by atoms with E-state index in [1.165, 1.54) is 6.07 Å². The maximum Gasteiger partial charge on any atom is 0.228 e. The average Bonchev–Trinajstić information content (AvgIpc) is 3.27. The highest BCUT2D eigenvalue weighted by atomic mass is 19.2. The van der Waals surface area contributed by atoms with E-state index in [1.54, 1.807) is 16.9 Å². The van der Waals surface area contributed by atoms with Gasteiger partial charge in [0.25, 0.3) is 0 Å². The lowest BCUT2D eigenvalue weighted by Crippen LogP contribution is -2.40. The Morgan fingerprint density at radius 2 is 2.03 bits per heavy atom. The zero-order valence-corrected chi connectivity index (χ0v) is 15.9. The van der Waals surface area contributed by atoms with Gasteiger partial charge in [-0.05, 0) is 49.7 Å². The molecule has 1 atom stereocenters. The molecule has 0 bridgehead atoms. The molecule has 150 valence electrons. The van der Waals surface area contributed by atoms with Crippen LogP contribution in [0.5, 0.6) is 0 Å². The smallest absolute Gasteiger partial charge is 0.228 e. The fourth-order valence-electron chi connectivity index (χ4n) is 3.72. The quantitative estimate of drug-likeness (QED) is 0.709. The fourth-order valence-corrected chi connectivity index (χ4v) is 3.72. The normalized spacial score (nSPS) is 17.2. The van der Waals surface area contributed by atoms with Crippen molar-refractivity contribution in [3.63, 3.8) is 0 Å². The SMILES string of the molecule is O=C(Nc1cccc(-n2cccn2)c1)[C@@H]1CCCN(Cc2cccc(F)c2F)C1. The predicted octanol–water partition coefficient (Wildman–Crippen LogP) is 4.00. The average molecular weight is 396 g/mol. The number of nitrogens with zero attached hydrogens (tertiary/aromatic N) is 3. The first-order valence-corrected chi connectivity index (χ1v) is 9.66. The molecular weight excluding hydrogens is 374 g/mol. The molecule has 0 aliphatic carbocycles. The number of aromatic nitrogens is 2. The number of benzene rings is 2. The van der Waals surface area contributed by atoms with Gasteiger partial charge in [0, 0.05) is 36.7 Å². The van der Waals surface area contributed by atoms with Gasteiger partial charge < -0.3 is 5.32 Å². The topological polar surface area (TPSA) is 50.2 Å². The summed E-state index contributed by atoms with van der Waals surface area (Å²) in [5.74, 6) is -1.92. The molecule has 2 aromatic carbocycles. The van der Waals surface area contributed by atoms with E-state index < -0.39 is 11.6 Å². The lowest BCUT2D eigenvalue weighted by atomic mass is 9.96. The van der Waals surface area contributed by atoms with Gasteiger partial charge >= 0.3 is 0 Å². The van der Waals surface area contributed by atoms with Crippen LogP contribution in [0.2, 0.25) is 0 Å². The van der Waals surface area contributed by atoms with Gasteiger partial charge in [-0.3, -0.25) is 9.69 Å². The number of rotatable bonds is 5. The molecule has 29 heavy (non-hydrogen) atoms. The number of amides is 1. The first-order chi connectivity index (χ1) is 14.1. The van der Waals surface area contributed by atoms with Crippen molar-refractivity contribution >= 4 is 11.6 Å². The maximum atomic E-state index is 14.0. The Labute approximate surface area is 168 Å². The van der Waals surface area contributed by atoms with Crippen LogP contribution in [-0.4, -0.2) is 33.7 Å². The highest BCUT2D eigenvalue weighted by Gasteiger charge is 2.26. The minimum Gasteiger partial charge on any atom is -0.326 e. The van der Waals surface area contributed by atoms with E-state index in [9.17, 15) is 13.6 Å². The number of anilines is 1. The van der Waals surface area contributed by atoms with Crippen LogP contribution >= 0.6 is 0 Å². The highest BCUT2D eigenvalue weighted by molar-refractivity contribution is 5.93. The fraction of sp³-hybridized carbons (Fsp3) is 0.273. The number of carbonyl (C=O) groups is 1. The van der Waals surface area contributed by atoms with Crippen molar-refractivity contribution in [1.29, 1.82) is 0 Å². The molecule has 0 spiro atoms. The van der Waals surface area contributed by atoms with E-state index in [1.807, 2.05) is 41.4 Å². The van der Waals surface area contributed by atoms with Crippen LogP contribution < -0.4 is 5.32 Å². The van der Waals surface area contributed by atoms with E-state index >= 15 is 0 Å². The summed E-state index contributed by atoms with van der Waals surface area (Å²) in [7, 11) is 0. The van der Waals surface area contributed by atoms with Gasteiger partial charge in [-0.1, -0.05) is 18.2 Å². The molecule has 2 heterocycles.